The standard InChI is InChI=1S/C17H21F2NO/c1-5-6-20-17(13-7-14(18)9-15(19)8-13)16-10(2)11(3)21-12(16)4/h7-9,17,20H,5-6H2,1-4H3. The molecule has 21 heavy (non-hydrogen) atoms. The molecule has 0 saturated heterocycles. The minimum Gasteiger partial charge on any atom is -0.466 e. The number of rotatable bonds is 5. The molecule has 0 saturated carbocycles. The molecule has 1 aromatic heterocycles. The summed E-state index contributed by atoms with van der Waals surface area (Å²) in [6.07, 6.45) is 0.934. The van der Waals surface area contributed by atoms with E-state index in [-0.39, 0.29) is 6.04 Å². The lowest BCUT2D eigenvalue weighted by Gasteiger charge is -2.20. The lowest BCUT2D eigenvalue weighted by atomic mass is 9.95. The molecule has 1 unspecified atom stereocenters. The molecular formula is C17H21F2NO. The van der Waals surface area contributed by atoms with E-state index < -0.39 is 11.6 Å². The predicted molar refractivity (Wildman–Crippen MR) is 79.4 cm³/mol. The van der Waals surface area contributed by atoms with Crippen LogP contribution in [0.5, 0.6) is 0 Å². The van der Waals surface area contributed by atoms with Crippen molar-refractivity contribution in [1.82, 2.24) is 5.32 Å². The molecule has 114 valence electrons. The molecule has 1 heterocycles. The predicted octanol–water partition coefficient (Wildman–Crippen LogP) is 4.57. The second-order valence-corrected chi connectivity index (χ2v) is 5.34. The number of aryl methyl sites for hydroxylation is 2. The maximum Gasteiger partial charge on any atom is 0.126 e. The van der Waals surface area contributed by atoms with E-state index in [4.69, 9.17) is 4.42 Å². The zero-order chi connectivity index (χ0) is 15.6. The average Bonchev–Trinajstić information content (AvgIpc) is 2.64. The molecule has 1 N–H and O–H groups in total. The van der Waals surface area contributed by atoms with Crippen molar-refractivity contribution < 1.29 is 13.2 Å². The van der Waals surface area contributed by atoms with Crippen LogP contribution in [0.3, 0.4) is 0 Å². The van der Waals surface area contributed by atoms with Crippen molar-refractivity contribution in [3.8, 4) is 0 Å². The van der Waals surface area contributed by atoms with Crippen molar-refractivity contribution in [2.45, 2.75) is 40.2 Å². The minimum atomic E-state index is -0.566. The van der Waals surface area contributed by atoms with E-state index in [0.29, 0.717) is 5.56 Å². The highest BCUT2D eigenvalue weighted by molar-refractivity contribution is 5.40. The maximum atomic E-state index is 13.5. The van der Waals surface area contributed by atoms with E-state index in [1.54, 1.807) is 0 Å². The Morgan fingerprint density at radius 3 is 2.14 bits per heavy atom. The SMILES string of the molecule is CCCNC(c1cc(F)cc(F)c1)c1c(C)oc(C)c1C. The Morgan fingerprint density at radius 2 is 1.67 bits per heavy atom. The molecule has 0 amide bonds. The number of hydrogen-bond donors (Lipinski definition) is 1. The van der Waals surface area contributed by atoms with Crippen molar-refractivity contribution in [2.24, 2.45) is 0 Å². The van der Waals surface area contributed by atoms with Gasteiger partial charge in [-0.25, -0.2) is 8.78 Å². The molecule has 0 aliphatic carbocycles. The van der Waals surface area contributed by atoms with Crippen LogP contribution in [0.25, 0.3) is 0 Å². The molecular weight excluding hydrogens is 272 g/mol. The van der Waals surface area contributed by atoms with E-state index >= 15 is 0 Å². The van der Waals surface area contributed by atoms with Gasteiger partial charge in [-0.1, -0.05) is 6.92 Å². The Labute approximate surface area is 124 Å². The quantitative estimate of drug-likeness (QED) is 0.873. The lowest BCUT2D eigenvalue weighted by molar-refractivity contribution is 0.491. The summed E-state index contributed by atoms with van der Waals surface area (Å²) >= 11 is 0. The van der Waals surface area contributed by atoms with Crippen molar-refractivity contribution in [3.05, 3.63) is 58.0 Å². The monoisotopic (exact) mass is 293 g/mol. The average molecular weight is 293 g/mol. The van der Waals surface area contributed by atoms with Gasteiger partial charge >= 0.3 is 0 Å². The summed E-state index contributed by atoms with van der Waals surface area (Å²) in [5, 5.41) is 3.36. The molecule has 0 aliphatic rings. The first-order valence-electron chi connectivity index (χ1n) is 7.19. The molecule has 0 spiro atoms. The molecule has 1 atom stereocenters. The van der Waals surface area contributed by atoms with Crippen LogP contribution in [0.1, 0.15) is 47.6 Å². The fourth-order valence-electron chi connectivity index (χ4n) is 2.65. The van der Waals surface area contributed by atoms with Gasteiger partial charge < -0.3 is 9.73 Å². The maximum absolute atomic E-state index is 13.5. The summed E-state index contributed by atoms with van der Waals surface area (Å²) in [5.74, 6) is 0.485. The Balaban J connectivity index is 2.52. The Hall–Kier alpha value is -1.68. The summed E-state index contributed by atoms with van der Waals surface area (Å²) in [6, 6.07) is 3.36. The van der Waals surface area contributed by atoms with E-state index in [1.807, 2.05) is 20.8 Å². The second-order valence-electron chi connectivity index (χ2n) is 5.34. The van der Waals surface area contributed by atoms with Crippen LogP contribution in [-0.2, 0) is 0 Å². The van der Waals surface area contributed by atoms with Gasteiger partial charge in [0.2, 0.25) is 0 Å². The number of benzene rings is 1. The normalized spacial score (nSPS) is 12.7. The highest BCUT2D eigenvalue weighted by Crippen LogP contribution is 2.32. The Kier molecular flexibility index (Phi) is 4.78. The summed E-state index contributed by atoms with van der Waals surface area (Å²) in [4.78, 5) is 0. The number of halogens is 2. The minimum absolute atomic E-state index is 0.271. The highest BCUT2D eigenvalue weighted by Gasteiger charge is 2.23. The van der Waals surface area contributed by atoms with Gasteiger partial charge in [0.25, 0.3) is 0 Å². The van der Waals surface area contributed by atoms with Crippen molar-refractivity contribution in [2.75, 3.05) is 6.54 Å². The fraction of sp³-hybridized carbons (Fsp3) is 0.412. The van der Waals surface area contributed by atoms with Gasteiger partial charge in [-0.15, -0.1) is 0 Å². The number of hydrogen-bond acceptors (Lipinski definition) is 2. The summed E-state index contributed by atoms with van der Waals surface area (Å²) in [7, 11) is 0. The highest BCUT2D eigenvalue weighted by atomic mass is 19.1. The molecule has 4 heteroatoms. The van der Waals surface area contributed by atoms with Crippen LogP contribution in [-0.4, -0.2) is 6.54 Å². The molecule has 2 nitrogen and oxygen atoms in total. The topological polar surface area (TPSA) is 25.2 Å². The largest absolute Gasteiger partial charge is 0.466 e. The number of nitrogens with one attached hydrogen (secondary N) is 1. The number of furan rings is 1. The van der Waals surface area contributed by atoms with Gasteiger partial charge in [-0.3, -0.25) is 0 Å². The first-order valence-corrected chi connectivity index (χ1v) is 7.19. The van der Waals surface area contributed by atoms with E-state index in [1.165, 1.54) is 12.1 Å². The third kappa shape index (κ3) is 3.32. The zero-order valence-electron chi connectivity index (χ0n) is 12.9. The van der Waals surface area contributed by atoms with Gasteiger partial charge in [-0.2, -0.15) is 0 Å². The van der Waals surface area contributed by atoms with Crippen LogP contribution >= 0.6 is 0 Å². The van der Waals surface area contributed by atoms with Crippen molar-refractivity contribution in [3.63, 3.8) is 0 Å². The smallest absolute Gasteiger partial charge is 0.126 e. The Bertz CT molecular complexity index is 614. The van der Waals surface area contributed by atoms with E-state index in [9.17, 15) is 8.78 Å². The van der Waals surface area contributed by atoms with Crippen LogP contribution in [0.4, 0.5) is 8.78 Å². The van der Waals surface area contributed by atoms with Crippen LogP contribution < -0.4 is 5.32 Å². The van der Waals surface area contributed by atoms with Gasteiger partial charge in [0.05, 0.1) is 6.04 Å². The lowest BCUT2D eigenvalue weighted by Crippen LogP contribution is -2.24. The van der Waals surface area contributed by atoms with Gasteiger partial charge in [0, 0.05) is 11.6 Å². The van der Waals surface area contributed by atoms with Crippen LogP contribution in [0, 0.1) is 32.4 Å². The third-order valence-corrected chi connectivity index (χ3v) is 3.72. The van der Waals surface area contributed by atoms with Crippen LogP contribution in [0.15, 0.2) is 22.6 Å². The van der Waals surface area contributed by atoms with Gasteiger partial charge in [0.15, 0.2) is 0 Å². The molecule has 0 bridgehead atoms. The van der Waals surface area contributed by atoms with E-state index in [0.717, 1.165) is 41.7 Å². The third-order valence-electron chi connectivity index (χ3n) is 3.72. The Morgan fingerprint density at radius 1 is 1.05 bits per heavy atom. The van der Waals surface area contributed by atoms with E-state index in [2.05, 4.69) is 12.2 Å². The van der Waals surface area contributed by atoms with Crippen molar-refractivity contribution in [1.29, 1.82) is 0 Å². The first-order chi connectivity index (χ1) is 9.93. The fourth-order valence-corrected chi connectivity index (χ4v) is 2.65. The summed E-state index contributed by atoms with van der Waals surface area (Å²) in [5.41, 5.74) is 2.56. The van der Waals surface area contributed by atoms with Crippen molar-refractivity contribution >= 4 is 0 Å². The molecule has 2 aromatic rings. The first kappa shape index (κ1) is 15.7. The molecule has 1 aromatic carbocycles. The summed E-state index contributed by atoms with van der Waals surface area (Å²) < 4.78 is 32.7. The molecule has 0 radical (unpaired) electrons. The second kappa shape index (κ2) is 6.39. The molecule has 0 fully saturated rings. The van der Waals surface area contributed by atoms with Crippen LogP contribution in [0.2, 0.25) is 0 Å². The molecule has 0 aliphatic heterocycles. The zero-order valence-corrected chi connectivity index (χ0v) is 12.9. The van der Waals surface area contributed by atoms with Gasteiger partial charge in [0.1, 0.15) is 23.2 Å². The molecule has 2 rings (SSSR count). The summed E-state index contributed by atoms with van der Waals surface area (Å²) in [6.45, 7) is 8.56. The van der Waals surface area contributed by atoms with Gasteiger partial charge in [-0.05, 0) is 57.0 Å².